The standard InChI is InChI=1S/C13H16O/c1-13(2,3)12-9-5-4-7-11(12)8-6-10-14/h4-10H,1-3H3. The van der Waals surface area contributed by atoms with Crippen molar-refractivity contribution in [3.05, 3.63) is 41.5 Å². The molecule has 0 radical (unpaired) electrons. The van der Waals surface area contributed by atoms with Gasteiger partial charge in [0.2, 0.25) is 0 Å². The van der Waals surface area contributed by atoms with Crippen molar-refractivity contribution >= 4 is 12.4 Å². The van der Waals surface area contributed by atoms with Crippen LogP contribution >= 0.6 is 0 Å². The minimum absolute atomic E-state index is 0.115. The number of carbonyl (C=O) groups is 1. The molecule has 0 aliphatic heterocycles. The summed E-state index contributed by atoms with van der Waals surface area (Å²) in [7, 11) is 0. The normalized spacial score (nSPS) is 11.9. The molecule has 14 heavy (non-hydrogen) atoms. The summed E-state index contributed by atoms with van der Waals surface area (Å²) >= 11 is 0. The predicted molar refractivity (Wildman–Crippen MR) is 60.2 cm³/mol. The molecule has 0 heterocycles. The van der Waals surface area contributed by atoms with Gasteiger partial charge in [0.1, 0.15) is 6.29 Å². The Bertz CT molecular complexity index is 342. The zero-order valence-electron chi connectivity index (χ0n) is 8.95. The number of carbonyl (C=O) groups excluding carboxylic acids is 1. The molecule has 0 amide bonds. The van der Waals surface area contributed by atoms with Gasteiger partial charge in [-0.3, -0.25) is 4.79 Å². The Kier molecular flexibility index (Phi) is 3.23. The van der Waals surface area contributed by atoms with Gasteiger partial charge >= 0.3 is 0 Å². The highest BCUT2D eigenvalue weighted by Gasteiger charge is 2.15. The molecule has 74 valence electrons. The van der Waals surface area contributed by atoms with Crippen LogP contribution in [0, 0.1) is 0 Å². The van der Waals surface area contributed by atoms with Crippen molar-refractivity contribution in [3.8, 4) is 0 Å². The lowest BCUT2D eigenvalue weighted by Gasteiger charge is -2.21. The first-order valence-electron chi connectivity index (χ1n) is 4.77. The summed E-state index contributed by atoms with van der Waals surface area (Å²) in [6, 6.07) is 8.14. The third-order valence-electron chi connectivity index (χ3n) is 2.12. The van der Waals surface area contributed by atoms with E-state index in [1.54, 1.807) is 0 Å². The van der Waals surface area contributed by atoms with E-state index in [4.69, 9.17) is 0 Å². The third-order valence-corrected chi connectivity index (χ3v) is 2.12. The van der Waals surface area contributed by atoms with Gasteiger partial charge in [-0.2, -0.15) is 0 Å². The molecule has 0 fully saturated rings. The van der Waals surface area contributed by atoms with Gasteiger partial charge in [0.05, 0.1) is 0 Å². The molecule has 0 saturated carbocycles. The summed E-state index contributed by atoms with van der Waals surface area (Å²) in [5.41, 5.74) is 2.49. The molecule has 0 N–H and O–H groups in total. The van der Waals surface area contributed by atoms with Crippen molar-refractivity contribution < 1.29 is 4.79 Å². The van der Waals surface area contributed by atoms with Crippen LogP contribution in [0.3, 0.4) is 0 Å². The highest BCUT2D eigenvalue weighted by Crippen LogP contribution is 2.26. The molecular formula is C13H16O. The largest absolute Gasteiger partial charge is 0.299 e. The van der Waals surface area contributed by atoms with E-state index in [1.165, 1.54) is 11.6 Å². The molecule has 0 unspecified atom stereocenters. The predicted octanol–water partition coefficient (Wildman–Crippen LogP) is 3.20. The Morgan fingerprint density at radius 1 is 1.14 bits per heavy atom. The van der Waals surface area contributed by atoms with E-state index in [9.17, 15) is 4.79 Å². The average Bonchev–Trinajstić information content (AvgIpc) is 2.14. The molecule has 1 rings (SSSR count). The van der Waals surface area contributed by atoms with Gasteiger partial charge in [-0.25, -0.2) is 0 Å². The van der Waals surface area contributed by atoms with Crippen LogP contribution in [0.1, 0.15) is 31.9 Å². The monoisotopic (exact) mass is 188 g/mol. The second kappa shape index (κ2) is 4.23. The second-order valence-corrected chi connectivity index (χ2v) is 4.33. The van der Waals surface area contributed by atoms with Crippen molar-refractivity contribution in [2.75, 3.05) is 0 Å². The van der Waals surface area contributed by atoms with Crippen LogP contribution < -0.4 is 0 Å². The SMILES string of the molecule is CC(C)(C)c1ccccc1C=CC=O. The number of hydrogen-bond acceptors (Lipinski definition) is 1. The summed E-state index contributed by atoms with van der Waals surface area (Å²) in [4.78, 5) is 10.3. The Morgan fingerprint density at radius 3 is 2.36 bits per heavy atom. The maximum Gasteiger partial charge on any atom is 0.142 e. The lowest BCUT2D eigenvalue weighted by atomic mass is 9.84. The number of hydrogen-bond donors (Lipinski definition) is 0. The number of rotatable bonds is 2. The minimum atomic E-state index is 0.115. The summed E-state index contributed by atoms with van der Waals surface area (Å²) in [6.07, 6.45) is 4.19. The van der Waals surface area contributed by atoms with E-state index in [1.807, 2.05) is 24.3 Å². The molecule has 1 aromatic carbocycles. The summed E-state index contributed by atoms with van der Waals surface area (Å²) in [5.74, 6) is 0. The van der Waals surface area contributed by atoms with Crippen molar-refractivity contribution in [2.45, 2.75) is 26.2 Å². The minimum Gasteiger partial charge on any atom is -0.299 e. The van der Waals surface area contributed by atoms with Crippen LogP contribution in [0.4, 0.5) is 0 Å². The molecule has 0 aromatic heterocycles. The van der Waals surface area contributed by atoms with E-state index in [2.05, 4.69) is 26.8 Å². The van der Waals surface area contributed by atoms with Gasteiger partial charge in [-0.05, 0) is 22.6 Å². The molecule has 1 aromatic rings. The molecule has 0 spiro atoms. The van der Waals surface area contributed by atoms with Crippen LogP contribution in [0.15, 0.2) is 30.3 Å². The quantitative estimate of drug-likeness (QED) is 0.514. The van der Waals surface area contributed by atoms with E-state index in [0.29, 0.717) is 0 Å². The van der Waals surface area contributed by atoms with Gasteiger partial charge < -0.3 is 0 Å². The van der Waals surface area contributed by atoms with Gasteiger partial charge in [-0.15, -0.1) is 0 Å². The molecule has 0 saturated heterocycles. The summed E-state index contributed by atoms with van der Waals surface area (Å²) in [6.45, 7) is 6.50. The van der Waals surface area contributed by atoms with Gasteiger partial charge in [-0.1, -0.05) is 51.1 Å². The van der Waals surface area contributed by atoms with Crippen molar-refractivity contribution in [3.63, 3.8) is 0 Å². The molecule has 0 bridgehead atoms. The fraction of sp³-hybridized carbons (Fsp3) is 0.308. The lowest BCUT2D eigenvalue weighted by molar-refractivity contribution is -0.104. The van der Waals surface area contributed by atoms with Crippen molar-refractivity contribution in [1.29, 1.82) is 0 Å². The first kappa shape index (κ1) is 10.7. The van der Waals surface area contributed by atoms with E-state index in [0.717, 1.165) is 11.8 Å². The van der Waals surface area contributed by atoms with Crippen LogP contribution in [0.2, 0.25) is 0 Å². The second-order valence-electron chi connectivity index (χ2n) is 4.33. The third kappa shape index (κ3) is 2.56. The fourth-order valence-corrected chi connectivity index (χ4v) is 1.47. The van der Waals surface area contributed by atoms with Crippen LogP contribution in [-0.4, -0.2) is 6.29 Å². The Balaban J connectivity index is 3.16. The zero-order chi connectivity index (χ0) is 10.6. The van der Waals surface area contributed by atoms with Crippen molar-refractivity contribution in [1.82, 2.24) is 0 Å². The number of aldehydes is 1. The fourth-order valence-electron chi connectivity index (χ4n) is 1.47. The van der Waals surface area contributed by atoms with E-state index >= 15 is 0 Å². The molecule has 0 aliphatic carbocycles. The molecule has 0 aliphatic rings. The molecule has 1 heteroatoms. The highest BCUT2D eigenvalue weighted by molar-refractivity contribution is 5.74. The summed E-state index contributed by atoms with van der Waals surface area (Å²) in [5, 5.41) is 0. The zero-order valence-corrected chi connectivity index (χ0v) is 8.95. The highest BCUT2D eigenvalue weighted by atomic mass is 16.1. The van der Waals surface area contributed by atoms with Crippen molar-refractivity contribution in [2.24, 2.45) is 0 Å². The first-order chi connectivity index (χ1) is 6.55. The molecule has 1 nitrogen and oxygen atoms in total. The molecule has 0 atom stereocenters. The smallest absolute Gasteiger partial charge is 0.142 e. The van der Waals surface area contributed by atoms with Crippen LogP contribution in [0.5, 0.6) is 0 Å². The molecular weight excluding hydrogens is 172 g/mol. The van der Waals surface area contributed by atoms with Gasteiger partial charge in [0, 0.05) is 0 Å². The van der Waals surface area contributed by atoms with Gasteiger partial charge in [0.25, 0.3) is 0 Å². The maximum absolute atomic E-state index is 10.3. The maximum atomic E-state index is 10.3. The average molecular weight is 188 g/mol. The van der Waals surface area contributed by atoms with Crippen LogP contribution in [0.25, 0.3) is 6.08 Å². The number of allylic oxidation sites excluding steroid dienone is 1. The van der Waals surface area contributed by atoms with Crippen LogP contribution in [-0.2, 0) is 10.2 Å². The Hall–Kier alpha value is -1.37. The lowest BCUT2D eigenvalue weighted by Crippen LogP contribution is -2.12. The number of benzene rings is 1. The topological polar surface area (TPSA) is 17.1 Å². The Labute approximate surface area is 85.5 Å². The Morgan fingerprint density at radius 2 is 1.79 bits per heavy atom. The summed E-state index contributed by atoms with van der Waals surface area (Å²) < 4.78 is 0. The van der Waals surface area contributed by atoms with E-state index < -0.39 is 0 Å². The van der Waals surface area contributed by atoms with E-state index in [-0.39, 0.29) is 5.41 Å². The first-order valence-corrected chi connectivity index (χ1v) is 4.77. The van der Waals surface area contributed by atoms with Gasteiger partial charge in [0.15, 0.2) is 0 Å².